The zero-order valence-corrected chi connectivity index (χ0v) is 14.4. The van der Waals surface area contributed by atoms with Gasteiger partial charge in [0.15, 0.2) is 5.76 Å². The van der Waals surface area contributed by atoms with Gasteiger partial charge < -0.3 is 15.2 Å². The lowest BCUT2D eigenvalue weighted by Crippen LogP contribution is -2.34. The Hall–Kier alpha value is -2.52. The first kappa shape index (κ1) is 18.8. The third kappa shape index (κ3) is 4.74. The van der Waals surface area contributed by atoms with Crippen LogP contribution in [-0.4, -0.2) is 27.5 Å². The Labute approximate surface area is 142 Å². The Balaban J connectivity index is 1.91. The van der Waals surface area contributed by atoms with Crippen LogP contribution in [-0.2, 0) is 12.7 Å². The summed E-state index contributed by atoms with van der Waals surface area (Å²) in [5, 5.41) is 12.8. The number of aryl methyl sites for hydroxylation is 3. The van der Waals surface area contributed by atoms with Crippen LogP contribution in [0.15, 0.2) is 10.6 Å². The molecule has 0 bridgehead atoms. The van der Waals surface area contributed by atoms with Crippen LogP contribution < -0.4 is 10.6 Å². The topological polar surface area (TPSA) is 85.0 Å². The molecule has 2 aromatic rings. The van der Waals surface area contributed by atoms with Crippen LogP contribution >= 0.6 is 0 Å². The minimum Gasteiger partial charge on any atom is -0.359 e. The summed E-state index contributed by atoms with van der Waals surface area (Å²) < 4.78 is 44.7. The summed E-state index contributed by atoms with van der Waals surface area (Å²) in [6, 6.07) is 0.526. The summed E-state index contributed by atoms with van der Waals surface area (Å²) in [5.41, 5.74) is 0.524. The van der Waals surface area contributed by atoms with Crippen LogP contribution in [0.4, 0.5) is 23.7 Å². The van der Waals surface area contributed by atoms with Gasteiger partial charge in [-0.15, -0.1) is 0 Å². The van der Waals surface area contributed by atoms with Gasteiger partial charge in [0, 0.05) is 13.1 Å². The number of rotatable bonds is 5. The number of hydrogen-bond donors (Lipinski definition) is 2. The molecule has 0 saturated carbocycles. The van der Waals surface area contributed by atoms with Crippen LogP contribution in [0, 0.1) is 26.7 Å². The summed E-state index contributed by atoms with van der Waals surface area (Å²) in [5.74, 6) is 0.221. The lowest BCUT2D eigenvalue weighted by molar-refractivity contribution is -0.144. The Morgan fingerprint density at radius 2 is 2.04 bits per heavy atom. The van der Waals surface area contributed by atoms with Crippen molar-refractivity contribution in [3.63, 3.8) is 0 Å². The fourth-order valence-corrected chi connectivity index (χ4v) is 2.36. The average Bonchev–Trinajstić information content (AvgIpc) is 3.02. The molecule has 7 nitrogen and oxygen atoms in total. The van der Waals surface area contributed by atoms with E-state index >= 15 is 0 Å². The highest BCUT2D eigenvalue weighted by Crippen LogP contribution is 2.30. The SMILES string of the molecule is Cc1cc(C(F)(F)F)n(C[C@H](C)CNC(=O)Nc2c(C)noc2C)n1. The minimum absolute atomic E-state index is 0.0360. The molecule has 0 aliphatic carbocycles. The predicted molar refractivity (Wildman–Crippen MR) is 84.1 cm³/mol. The lowest BCUT2D eigenvalue weighted by Gasteiger charge is -2.16. The molecule has 2 rings (SSSR count). The Bertz CT molecular complexity index is 731. The van der Waals surface area contributed by atoms with Crippen LogP contribution in [0.2, 0.25) is 0 Å². The van der Waals surface area contributed by atoms with Crippen LogP contribution in [0.1, 0.15) is 29.8 Å². The molecule has 0 spiro atoms. The van der Waals surface area contributed by atoms with Gasteiger partial charge in [-0.05, 0) is 32.8 Å². The minimum atomic E-state index is -4.46. The summed E-state index contributed by atoms with van der Waals surface area (Å²) >= 11 is 0. The molecular formula is C15H20F3N5O2. The van der Waals surface area contributed by atoms with Gasteiger partial charge in [-0.2, -0.15) is 18.3 Å². The van der Waals surface area contributed by atoms with Crippen molar-refractivity contribution in [1.29, 1.82) is 0 Å². The number of urea groups is 1. The van der Waals surface area contributed by atoms with E-state index in [0.717, 1.165) is 10.7 Å². The van der Waals surface area contributed by atoms with Crippen molar-refractivity contribution in [2.24, 2.45) is 5.92 Å². The molecule has 2 amide bonds. The van der Waals surface area contributed by atoms with Gasteiger partial charge in [-0.1, -0.05) is 12.1 Å². The first-order chi connectivity index (χ1) is 11.6. The van der Waals surface area contributed by atoms with Gasteiger partial charge in [0.05, 0.1) is 5.69 Å². The highest BCUT2D eigenvalue weighted by Gasteiger charge is 2.35. The number of hydrogen-bond acceptors (Lipinski definition) is 4. The maximum atomic E-state index is 13.0. The highest BCUT2D eigenvalue weighted by molar-refractivity contribution is 5.90. The largest absolute Gasteiger partial charge is 0.433 e. The number of nitrogens with one attached hydrogen (secondary N) is 2. The second kappa shape index (κ2) is 7.16. The van der Waals surface area contributed by atoms with Crippen LogP contribution in [0.25, 0.3) is 0 Å². The van der Waals surface area contributed by atoms with E-state index in [1.54, 1.807) is 20.8 Å². The summed E-state index contributed by atoms with van der Waals surface area (Å²) in [4.78, 5) is 11.9. The number of anilines is 1. The van der Waals surface area contributed by atoms with Gasteiger partial charge in [-0.25, -0.2) is 4.79 Å². The molecule has 0 aliphatic heterocycles. The molecule has 2 aromatic heterocycles. The molecule has 0 fully saturated rings. The summed E-state index contributed by atoms with van der Waals surface area (Å²) in [7, 11) is 0. The monoisotopic (exact) mass is 359 g/mol. The van der Waals surface area contributed by atoms with E-state index in [9.17, 15) is 18.0 Å². The van der Waals surface area contributed by atoms with Crippen molar-refractivity contribution in [2.75, 3.05) is 11.9 Å². The number of nitrogens with zero attached hydrogens (tertiary/aromatic N) is 3. The summed E-state index contributed by atoms with van der Waals surface area (Å²) in [6.45, 7) is 6.81. The van der Waals surface area contributed by atoms with E-state index in [-0.39, 0.29) is 19.0 Å². The normalized spacial score (nSPS) is 12.9. The number of carbonyl (C=O) groups is 1. The van der Waals surface area contributed by atoms with Gasteiger partial charge in [0.25, 0.3) is 0 Å². The van der Waals surface area contributed by atoms with Crippen molar-refractivity contribution in [1.82, 2.24) is 20.3 Å². The number of halogens is 3. The first-order valence-corrected chi connectivity index (χ1v) is 7.67. The van der Waals surface area contributed by atoms with Gasteiger partial charge in [0.1, 0.15) is 17.1 Å². The van der Waals surface area contributed by atoms with Gasteiger partial charge >= 0.3 is 12.2 Å². The lowest BCUT2D eigenvalue weighted by atomic mass is 10.2. The third-order valence-corrected chi connectivity index (χ3v) is 3.56. The number of carbonyl (C=O) groups excluding carboxylic acids is 1. The van der Waals surface area contributed by atoms with Gasteiger partial charge in [-0.3, -0.25) is 4.68 Å². The second-order valence-electron chi connectivity index (χ2n) is 5.99. The highest BCUT2D eigenvalue weighted by atomic mass is 19.4. The van der Waals surface area contributed by atoms with Gasteiger partial charge in [0.2, 0.25) is 0 Å². The number of aromatic nitrogens is 3. The molecule has 0 unspecified atom stereocenters. The van der Waals surface area contributed by atoms with Crippen LogP contribution in [0.3, 0.4) is 0 Å². The molecule has 2 heterocycles. The Kier molecular flexibility index (Phi) is 5.39. The van der Waals surface area contributed by atoms with Crippen molar-refractivity contribution >= 4 is 11.7 Å². The van der Waals surface area contributed by atoms with Crippen molar-refractivity contribution in [3.05, 3.63) is 28.9 Å². The fourth-order valence-electron chi connectivity index (χ4n) is 2.36. The second-order valence-corrected chi connectivity index (χ2v) is 5.99. The molecule has 25 heavy (non-hydrogen) atoms. The van der Waals surface area contributed by atoms with E-state index in [2.05, 4.69) is 20.9 Å². The zero-order chi connectivity index (χ0) is 18.8. The molecule has 0 radical (unpaired) electrons. The van der Waals surface area contributed by atoms with Crippen molar-refractivity contribution < 1.29 is 22.5 Å². The van der Waals surface area contributed by atoms with E-state index in [0.29, 0.717) is 22.8 Å². The number of amides is 2. The quantitative estimate of drug-likeness (QED) is 0.858. The van der Waals surface area contributed by atoms with Crippen molar-refractivity contribution in [3.8, 4) is 0 Å². The molecule has 1 atom stereocenters. The summed E-state index contributed by atoms with van der Waals surface area (Å²) in [6.07, 6.45) is -4.46. The van der Waals surface area contributed by atoms with Crippen molar-refractivity contribution in [2.45, 2.75) is 40.4 Å². The smallest absolute Gasteiger partial charge is 0.359 e. The molecule has 0 saturated heterocycles. The standard InChI is InChI=1S/C15H20F3N5O2/c1-8(7-23-12(15(16,17)18)5-9(2)21-23)6-19-14(24)20-13-10(3)22-25-11(13)4/h5,8H,6-7H2,1-4H3,(H2,19,20,24)/t8-/m1/s1. The maximum Gasteiger partial charge on any atom is 0.433 e. The first-order valence-electron chi connectivity index (χ1n) is 7.67. The van der Waals surface area contributed by atoms with E-state index in [1.165, 1.54) is 6.92 Å². The molecular weight excluding hydrogens is 339 g/mol. The van der Waals surface area contributed by atoms with Crippen LogP contribution in [0.5, 0.6) is 0 Å². The van der Waals surface area contributed by atoms with E-state index in [1.807, 2.05) is 0 Å². The molecule has 10 heteroatoms. The number of alkyl halides is 3. The molecule has 0 aromatic carbocycles. The predicted octanol–water partition coefficient (Wildman–Crippen LogP) is 3.27. The third-order valence-electron chi connectivity index (χ3n) is 3.56. The molecule has 0 aliphatic rings. The average molecular weight is 359 g/mol. The Morgan fingerprint density at radius 3 is 2.60 bits per heavy atom. The van der Waals surface area contributed by atoms with E-state index in [4.69, 9.17) is 4.52 Å². The molecule has 138 valence electrons. The van der Waals surface area contributed by atoms with E-state index < -0.39 is 17.9 Å². The zero-order valence-electron chi connectivity index (χ0n) is 14.4. The fraction of sp³-hybridized carbons (Fsp3) is 0.533. The Morgan fingerprint density at radius 1 is 1.36 bits per heavy atom. The molecule has 2 N–H and O–H groups in total. The maximum absolute atomic E-state index is 13.0.